The van der Waals surface area contributed by atoms with E-state index >= 15 is 0 Å². The molecule has 0 bridgehead atoms. The first-order valence-corrected chi connectivity index (χ1v) is 8.95. The number of halogens is 1. The predicted molar refractivity (Wildman–Crippen MR) is 103 cm³/mol. The molecule has 1 atom stereocenters. The van der Waals surface area contributed by atoms with Crippen molar-refractivity contribution in [2.24, 2.45) is 0 Å². The number of rotatable bonds is 7. The van der Waals surface area contributed by atoms with Crippen LogP contribution in [0, 0.1) is 0 Å². The van der Waals surface area contributed by atoms with Gasteiger partial charge in [0.2, 0.25) is 11.8 Å². The van der Waals surface area contributed by atoms with Crippen LogP contribution in [0.25, 0.3) is 0 Å². The molecule has 0 aliphatic heterocycles. The van der Waals surface area contributed by atoms with E-state index in [4.69, 9.17) is 21.1 Å². The van der Waals surface area contributed by atoms with Crippen molar-refractivity contribution in [2.75, 3.05) is 11.9 Å². The number of aliphatic hydroxyl groups is 1. The lowest BCUT2D eigenvalue weighted by molar-refractivity contribution is 0.244. The van der Waals surface area contributed by atoms with Gasteiger partial charge in [-0.25, -0.2) is 4.79 Å². The van der Waals surface area contributed by atoms with E-state index in [0.717, 1.165) is 5.56 Å². The third-order valence-corrected chi connectivity index (χ3v) is 4.14. The van der Waals surface area contributed by atoms with Gasteiger partial charge in [0.15, 0.2) is 0 Å². The van der Waals surface area contributed by atoms with Crippen LogP contribution in [0.5, 0.6) is 5.75 Å². The van der Waals surface area contributed by atoms with Crippen LogP contribution in [0.3, 0.4) is 0 Å². The maximum Gasteiger partial charge on any atom is 0.319 e. The molecule has 9 heteroatoms. The maximum absolute atomic E-state index is 12.4. The average Bonchev–Trinajstić information content (AvgIpc) is 3.14. The zero-order valence-electron chi connectivity index (χ0n) is 14.8. The predicted octanol–water partition coefficient (Wildman–Crippen LogP) is 3.07. The third kappa shape index (κ3) is 5.45. The fourth-order valence-electron chi connectivity index (χ4n) is 2.53. The summed E-state index contributed by atoms with van der Waals surface area (Å²) in [5.41, 5.74) is 1.44. The molecule has 4 N–H and O–H groups in total. The number of carbonyl (C=O) groups is 1. The number of phenolic OH excluding ortho intramolecular Hbond substituents is 1. The summed E-state index contributed by atoms with van der Waals surface area (Å²) in [6.45, 7) is -0.116. The molecule has 3 rings (SSSR count). The van der Waals surface area contributed by atoms with Crippen LogP contribution >= 0.6 is 11.6 Å². The van der Waals surface area contributed by atoms with Crippen LogP contribution in [0.4, 0.5) is 10.5 Å². The molecule has 1 heterocycles. The Morgan fingerprint density at radius 2 is 1.82 bits per heavy atom. The smallest absolute Gasteiger partial charge is 0.319 e. The Bertz CT molecular complexity index is 912. The molecule has 0 saturated carbocycles. The molecule has 28 heavy (non-hydrogen) atoms. The molecule has 1 aromatic heterocycles. The summed E-state index contributed by atoms with van der Waals surface area (Å²) in [5, 5.41) is 32.4. The number of nitrogens with one attached hydrogen (secondary N) is 2. The summed E-state index contributed by atoms with van der Waals surface area (Å²) >= 11 is 5.85. The molecular weight excluding hydrogens is 384 g/mol. The van der Waals surface area contributed by atoms with Crippen LogP contribution in [0.15, 0.2) is 52.9 Å². The van der Waals surface area contributed by atoms with Gasteiger partial charge in [-0.05, 0) is 42.0 Å². The van der Waals surface area contributed by atoms with E-state index in [9.17, 15) is 9.90 Å². The summed E-state index contributed by atoms with van der Waals surface area (Å²) < 4.78 is 5.56. The van der Waals surface area contributed by atoms with Gasteiger partial charge in [-0.2, -0.15) is 0 Å². The summed E-state index contributed by atoms with van der Waals surface area (Å²) in [7, 11) is 0. The Morgan fingerprint density at radius 3 is 2.50 bits per heavy atom. The second kappa shape index (κ2) is 9.20. The van der Waals surface area contributed by atoms with E-state index in [1.54, 1.807) is 48.5 Å². The molecule has 3 aromatic rings. The highest BCUT2D eigenvalue weighted by molar-refractivity contribution is 6.30. The number of urea groups is 1. The highest BCUT2D eigenvalue weighted by atomic mass is 35.5. The number of anilines is 1. The van der Waals surface area contributed by atoms with E-state index in [0.29, 0.717) is 17.1 Å². The molecule has 0 saturated heterocycles. The van der Waals surface area contributed by atoms with Crippen molar-refractivity contribution in [1.29, 1.82) is 0 Å². The van der Waals surface area contributed by atoms with Gasteiger partial charge in [0.25, 0.3) is 0 Å². The van der Waals surface area contributed by atoms with Gasteiger partial charge in [-0.1, -0.05) is 23.7 Å². The molecule has 2 amide bonds. The highest BCUT2D eigenvalue weighted by Crippen LogP contribution is 2.20. The number of carbonyl (C=O) groups excluding carboxylic acids is 1. The summed E-state index contributed by atoms with van der Waals surface area (Å²) in [5.74, 6) is 0.660. The number of nitrogens with zero attached hydrogens (tertiary/aromatic N) is 2. The van der Waals surface area contributed by atoms with E-state index in [-0.39, 0.29) is 30.6 Å². The molecule has 0 radical (unpaired) electrons. The van der Waals surface area contributed by atoms with Crippen LogP contribution in [0.2, 0.25) is 5.02 Å². The minimum absolute atomic E-state index is 0.116. The van der Waals surface area contributed by atoms with Crippen molar-refractivity contribution in [3.05, 3.63) is 70.9 Å². The number of phenols is 1. The van der Waals surface area contributed by atoms with Gasteiger partial charge in [0.05, 0.1) is 6.61 Å². The van der Waals surface area contributed by atoms with Crippen LogP contribution < -0.4 is 10.6 Å². The lowest BCUT2D eigenvalue weighted by Crippen LogP contribution is -2.34. The first-order valence-electron chi connectivity index (χ1n) is 8.57. The van der Waals surface area contributed by atoms with Gasteiger partial charge in [-0.15, -0.1) is 10.2 Å². The number of hydrogen-bond donors (Lipinski definition) is 4. The fourth-order valence-corrected chi connectivity index (χ4v) is 2.66. The van der Waals surface area contributed by atoms with Gasteiger partial charge in [-0.3, -0.25) is 0 Å². The highest BCUT2D eigenvalue weighted by Gasteiger charge is 2.22. The second-order valence-electron chi connectivity index (χ2n) is 6.04. The lowest BCUT2D eigenvalue weighted by atomic mass is 10.1. The molecule has 0 aliphatic rings. The van der Waals surface area contributed by atoms with Crippen molar-refractivity contribution in [3.8, 4) is 5.75 Å². The van der Waals surface area contributed by atoms with E-state index in [1.165, 1.54) is 0 Å². The molecule has 2 aromatic carbocycles. The Morgan fingerprint density at radius 1 is 1.11 bits per heavy atom. The first kappa shape index (κ1) is 19.7. The van der Waals surface area contributed by atoms with E-state index < -0.39 is 12.1 Å². The number of aromatic nitrogens is 2. The molecule has 0 spiro atoms. The van der Waals surface area contributed by atoms with Crippen molar-refractivity contribution in [1.82, 2.24) is 15.5 Å². The molecule has 0 unspecified atom stereocenters. The second-order valence-corrected chi connectivity index (χ2v) is 6.47. The Kier molecular flexibility index (Phi) is 6.46. The van der Waals surface area contributed by atoms with Crippen molar-refractivity contribution >= 4 is 23.3 Å². The monoisotopic (exact) mass is 402 g/mol. The fraction of sp³-hybridized carbons (Fsp3) is 0.211. The topological polar surface area (TPSA) is 121 Å². The van der Waals surface area contributed by atoms with Gasteiger partial charge in [0, 0.05) is 23.6 Å². The summed E-state index contributed by atoms with van der Waals surface area (Å²) in [4.78, 5) is 12.4. The van der Waals surface area contributed by atoms with Crippen LogP contribution in [-0.2, 0) is 12.8 Å². The molecular formula is C19H19ClN4O4. The van der Waals surface area contributed by atoms with Gasteiger partial charge in [0.1, 0.15) is 11.8 Å². The van der Waals surface area contributed by atoms with E-state index in [2.05, 4.69) is 20.8 Å². The molecule has 0 aliphatic carbocycles. The maximum atomic E-state index is 12.4. The van der Waals surface area contributed by atoms with Gasteiger partial charge < -0.3 is 25.3 Å². The average molecular weight is 403 g/mol. The van der Waals surface area contributed by atoms with Crippen LogP contribution in [0.1, 0.15) is 23.4 Å². The zero-order chi connectivity index (χ0) is 19.9. The van der Waals surface area contributed by atoms with Crippen molar-refractivity contribution in [2.45, 2.75) is 18.9 Å². The van der Waals surface area contributed by atoms with Crippen molar-refractivity contribution in [3.63, 3.8) is 0 Å². The Labute approximate surface area is 166 Å². The Hall–Kier alpha value is -3.10. The normalized spacial score (nSPS) is 11.8. The number of amides is 2. The van der Waals surface area contributed by atoms with E-state index in [1.807, 2.05) is 0 Å². The third-order valence-electron chi connectivity index (χ3n) is 3.89. The summed E-state index contributed by atoms with van der Waals surface area (Å²) in [6, 6.07) is 12.3. The lowest BCUT2D eigenvalue weighted by Gasteiger charge is -2.16. The van der Waals surface area contributed by atoms with Gasteiger partial charge >= 0.3 is 6.03 Å². The first-order chi connectivity index (χ1) is 13.5. The molecule has 8 nitrogen and oxygen atoms in total. The summed E-state index contributed by atoms with van der Waals surface area (Å²) in [6.07, 6.45) is 0.602. The number of benzene rings is 2. The Balaban J connectivity index is 1.75. The quantitative estimate of drug-likeness (QED) is 0.482. The van der Waals surface area contributed by atoms with Crippen molar-refractivity contribution < 1.29 is 19.4 Å². The SMILES string of the molecule is O=C(Nc1ccc(Cl)cc1)N[C@@H](Cc1ccc(O)cc1)c1nnc(CCO)o1. The number of aromatic hydroxyl groups is 1. The molecule has 0 fully saturated rings. The number of hydrogen-bond acceptors (Lipinski definition) is 6. The largest absolute Gasteiger partial charge is 0.508 e. The standard InChI is InChI=1S/C19H19ClN4O4/c20-13-3-5-14(6-4-13)21-19(27)22-16(11-12-1-7-15(26)8-2-12)18-24-23-17(28-18)9-10-25/h1-8,16,25-26H,9-11H2,(H2,21,22,27)/t16-/m0/s1. The minimum Gasteiger partial charge on any atom is -0.508 e. The minimum atomic E-state index is -0.600. The zero-order valence-corrected chi connectivity index (χ0v) is 15.6. The number of aliphatic hydroxyl groups excluding tert-OH is 1. The van der Waals surface area contributed by atoms with Crippen LogP contribution in [-0.4, -0.2) is 33.0 Å². The molecule has 146 valence electrons.